The van der Waals surface area contributed by atoms with Crippen LogP contribution in [0, 0.1) is 11.8 Å². The number of rotatable bonds is 3. The lowest BCUT2D eigenvalue weighted by Crippen LogP contribution is -2.45. The number of ether oxygens (including phenoxy) is 2. The number of carbonyl (C=O) groups excluding carboxylic acids is 2. The second kappa shape index (κ2) is 9.12. The summed E-state index contributed by atoms with van der Waals surface area (Å²) in [5.41, 5.74) is 0.330. The maximum Gasteiger partial charge on any atom is 0.178 e. The molecule has 6 rings (SSSR count). The van der Waals surface area contributed by atoms with Crippen molar-refractivity contribution in [1.29, 1.82) is 0 Å². The van der Waals surface area contributed by atoms with Gasteiger partial charge in [-0.25, -0.2) is 0 Å². The summed E-state index contributed by atoms with van der Waals surface area (Å²) in [4.78, 5) is 28.4. The predicted molar refractivity (Wildman–Crippen MR) is 138 cm³/mol. The minimum atomic E-state index is -1.33. The van der Waals surface area contributed by atoms with Crippen LogP contribution >= 0.6 is 0 Å². The van der Waals surface area contributed by atoms with Crippen molar-refractivity contribution >= 4 is 11.6 Å². The first-order valence-corrected chi connectivity index (χ1v) is 12.2. The lowest BCUT2D eigenvalue weighted by Gasteiger charge is -2.42. The molecule has 0 radical (unpaired) electrons. The molecule has 40 heavy (non-hydrogen) atoms. The van der Waals surface area contributed by atoms with Gasteiger partial charge < -0.3 is 40.1 Å². The van der Waals surface area contributed by atoms with E-state index in [1.807, 2.05) is 0 Å². The standard InChI is InChI=1S/C30H22O10/c31-15-5-1-13(2-6-15)29-25(27(37)23-19(35)9-17(33)11-21(23)39-29)26-28(38)24-20(36)10-18(34)12-22(24)40-30(26)14-3-7-16(32)8-4-14/h1-12,25-26,29-36H/t25-,26+,29-,30+. The smallest absolute Gasteiger partial charge is 0.178 e. The van der Waals surface area contributed by atoms with Gasteiger partial charge in [0.15, 0.2) is 11.6 Å². The monoisotopic (exact) mass is 542 g/mol. The van der Waals surface area contributed by atoms with Gasteiger partial charge in [0.05, 0.1) is 11.8 Å². The Kier molecular flexibility index (Phi) is 5.69. The van der Waals surface area contributed by atoms with Gasteiger partial charge in [-0.3, -0.25) is 9.59 Å². The number of carbonyl (C=O) groups is 2. The van der Waals surface area contributed by atoms with E-state index >= 15 is 0 Å². The summed E-state index contributed by atoms with van der Waals surface area (Å²) in [7, 11) is 0. The topological polar surface area (TPSA) is 174 Å². The van der Waals surface area contributed by atoms with Crippen molar-refractivity contribution in [2.45, 2.75) is 12.2 Å². The number of ketones is 2. The van der Waals surface area contributed by atoms with Crippen molar-refractivity contribution in [3.63, 3.8) is 0 Å². The van der Waals surface area contributed by atoms with Crippen LogP contribution in [0.1, 0.15) is 44.1 Å². The molecule has 0 saturated carbocycles. The molecule has 4 atom stereocenters. The average Bonchev–Trinajstić information content (AvgIpc) is 2.89. The quantitative estimate of drug-likeness (QED) is 0.216. The van der Waals surface area contributed by atoms with Crippen molar-refractivity contribution in [2.75, 3.05) is 0 Å². The van der Waals surface area contributed by atoms with Gasteiger partial charge in [-0.05, 0) is 35.4 Å². The molecule has 10 heteroatoms. The predicted octanol–water partition coefficient (Wildman–Crippen LogP) is 4.49. The van der Waals surface area contributed by atoms with Gasteiger partial charge in [0, 0.05) is 24.3 Å². The number of phenolic OH excluding ortho intramolecular Hbond substituents is 6. The van der Waals surface area contributed by atoms with E-state index in [1.54, 1.807) is 0 Å². The zero-order valence-corrected chi connectivity index (χ0v) is 20.6. The van der Waals surface area contributed by atoms with E-state index in [1.165, 1.54) is 60.7 Å². The molecular formula is C30H22O10. The second-order valence-electron chi connectivity index (χ2n) is 9.72. The number of phenols is 6. The molecule has 2 heterocycles. The number of hydrogen-bond donors (Lipinski definition) is 6. The fraction of sp³-hybridized carbons (Fsp3) is 0.133. The van der Waals surface area contributed by atoms with Gasteiger partial charge in [-0.15, -0.1) is 0 Å². The van der Waals surface area contributed by atoms with Crippen molar-refractivity contribution in [1.82, 2.24) is 0 Å². The highest BCUT2D eigenvalue weighted by molar-refractivity contribution is 6.11. The van der Waals surface area contributed by atoms with Gasteiger partial charge in [-0.1, -0.05) is 24.3 Å². The Morgan fingerprint density at radius 1 is 0.475 bits per heavy atom. The molecule has 0 saturated heterocycles. The first kappa shape index (κ1) is 24.9. The number of aromatic hydroxyl groups is 6. The summed E-state index contributed by atoms with van der Waals surface area (Å²) in [6.45, 7) is 0. The summed E-state index contributed by atoms with van der Waals surface area (Å²) in [6.07, 6.45) is -2.31. The molecule has 0 amide bonds. The molecule has 202 valence electrons. The van der Waals surface area contributed by atoms with Crippen LogP contribution in [0.5, 0.6) is 46.0 Å². The third kappa shape index (κ3) is 3.97. The van der Waals surface area contributed by atoms with E-state index in [0.29, 0.717) is 11.1 Å². The van der Waals surface area contributed by atoms with Crippen LogP contribution < -0.4 is 9.47 Å². The Bertz CT molecular complexity index is 1530. The largest absolute Gasteiger partial charge is 0.508 e. The summed E-state index contributed by atoms with van der Waals surface area (Å²) >= 11 is 0. The first-order chi connectivity index (χ1) is 19.1. The Labute approximate surface area is 226 Å². The highest BCUT2D eigenvalue weighted by atomic mass is 16.5. The maximum absolute atomic E-state index is 14.2. The molecular weight excluding hydrogens is 520 g/mol. The summed E-state index contributed by atoms with van der Waals surface area (Å²) < 4.78 is 12.3. The van der Waals surface area contributed by atoms with Gasteiger partial charge in [0.25, 0.3) is 0 Å². The lowest BCUT2D eigenvalue weighted by molar-refractivity contribution is 0.0129. The van der Waals surface area contributed by atoms with Crippen LogP contribution in [-0.4, -0.2) is 42.2 Å². The summed E-state index contributed by atoms with van der Waals surface area (Å²) in [5, 5.41) is 61.1. The number of hydrogen-bond acceptors (Lipinski definition) is 10. The van der Waals surface area contributed by atoms with Crippen LogP contribution in [0.15, 0.2) is 72.8 Å². The molecule has 0 spiro atoms. The first-order valence-electron chi connectivity index (χ1n) is 12.2. The molecule has 2 aliphatic rings. The SMILES string of the molecule is O=C1c2c(O)cc(O)cc2O[C@@H](c2ccc(O)cc2)[C@H]1[C@@H]1C(=O)c2c(O)cc(O)cc2O[C@@H]1c1ccc(O)cc1. The molecule has 0 bridgehead atoms. The highest BCUT2D eigenvalue weighted by Gasteiger charge is 2.53. The van der Waals surface area contributed by atoms with Crippen molar-refractivity contribution in [3.8, 4) is 46.0 Å². The molecule has 0 unspecified atom stereocenters. The molecule has 0 fully saturated rings. The van der Waals surface area contributed by atoms with Crippen LogP contribution in [-0.2, 0) is 0 Å². The van der Waals surface area contributed by atoms with E-state index in [-0.39, 0.29) is 45.6 Å². The van der Waals surface area contributed by atoms with E-state index in [9.17, 15) is 40.2 Å². The van der Waals surface area contributed by atoms with E-state index in [2.05, 4.69) is 0 Å². The number of Topliss-reactive ketones (excluding diaryl/α,β-unsaturated/α-hetero) is 2. The second-order valence-corrected chi connectivity index (χ2v) is 9.72. The fourth-order valence-electron chi connectivity index (χ4n) is 5.46. The van der Waals surface area contributed by atoms with E-state index in [4.69, 9.17) is 9.47 Å². The van der Waals surface area contributed by atoms with Crippen LogP contribution in [0.2, 0.25) is 0 Å². The number of benzene rings is 4. The summed E-state index contributed by atoms with van der Waals surface area (Å²) in [6, 6.07) is 15.9. The van der Waals surface area contributed by atoms with Crippen molar-refractivity contribution in [3.05, 3.63) is 95.1 Å². The van der Waals surface area contributed by atoms with E-state index < -0.39 is 47.1 Å². The van der Waals surface area contributed by atoms with Crippen LogP contribution in [0.25, 0.3) is 0 Å². The summed E-state index contributed by atoms with van der Waals surface area (Å²) in [5.74, 6) is -6.10. The van der Waals surface area contributed by atoms with Gasteiger partial charge in [-0.2, -0.15) is 0 Å². The van der Waals surface area contributed by atoms with Gasteiger partial charge in [0.1, 0.15) is 69.3 Å². The molecule has 4 aromatic carbocycles. The van der Waals surface area contributed by atoms with Crippen molar-refractivity contribution in [2.24, 2.45) is 11.8 Å². The van der Waals surface area contributed by atoms with Gasteiger partial charge >= 0.3 is 0 Å². The lowest BCUT2D eigenvalue weighted by atomic mass is 9.69. The molecule has 4 aromatic rings. The number of fused-ring (bicyclic) bond motifs is 2. The fourth-order valence-corrected chi connectivity index (χ4v) is 5.46. The van der Waals surface area contributed by atoms with E-state index in [0.717, 1.165) is 12.1 Å². The highest BCUT2D eigenvalue weighted by Crippen LogP contribution is 2.53. The average molecular weight is 542 g/mol. The maximum atomic E-state index is 14.2. The zero-order chi connectivity index (χ0) is 28.3. The molecule has 0 aliphatic carbocycles. The minimum absolute atomic E-state index is 0.0455. The van der Waals surface area contributed by atoms with Crippen molar-refractivity contribution < 1.29 is 49.7 Å². The van der Waals surface area contributed by atoms with Crippen LogP contribution in [0.4, 0.5) is 0 Å². The molecule has 0 aromatic heterocycles. The van der Waals surface area contributed by atoms with Crippen LogP contribution in [0.3, 0.4) is 0 Å². The Balaban J connectivity index is 1.59. The molecule has 2 aliphatic heterocycles. The molecule has 10 nitrogen and oxygen atoms in total. The zero-order valence-electron chi connectivity index (χ0n) is 20.6. The Morgan fingerprint density at radius 3 is 1.18 bits per heavy atom. The Morgan fingerprint density at radius 2 is 0.825 bits per heavy atom. The minimum Gasteiger partial charge on any atom is -0.508 e. The third-order valence-corrected chi connectivity index (χ3v) is 7.22. The molecule has 6 N–H and O–H groups in total. The normalized spacial score (nSPS) is 21.6. The third-order valence-electron chi connectivity index (χ3n) is 7.22. The Hall–Kier alpha value is -5.38. The van der Waals surface area contributed by atoms with Gasteiger partial charge in [0.2, 0.25) is 0 Å².